The van der Waals surface area contributed by atoms with Crippen molar-refractivity contribution in [3.05, 3.63) is 0 Å². The Morgan fingerprint density at radius 3 is 1.74 bits per heavy atom. The van der Waals surface area contributed by atoms with Crippen molar-refractivity contribution >= 4 is 23.7 Å². The molecule has 204 valence electrons. The summed E-state index contributed by atoms with van der Waals surface area (Å²) in [5, 5.41) is 17.5. The Bertz CT molecular complexity index is 660. The van der Waals surface area contributed by atoms with Gasteiger partial charge < -0.3 is 38.3 Å². The fraction of sp³-hybridized carbons (Fsp3) is 0.833. The number of nitrogens with one attached hydrogen (secondary N) is 3. The third kappa shape index (κ3) is 13.4. The van der Waals surface area contributed by atoms with Crippen LogP contribution in [0.5, 0.6) is 0 Å². The van der Waals surface area contributed by atoms with E-state index in [2.05, 4.69) is 16.0 Å². The molecule has 0 bridgehead atoms. The minimum absolute atomic E-state index is 0.214. The van der Waals surface area contributed by atoms with Crippen molar-refractivity contribution in [1.29, 1.82) is 0 Å². The summed E-state index contributed by atoms with van der Waals surface area (Å²) in [5.41, 5.74) is 17.0. The summed E-state index contributed by atoms with van der Waals surface area (Å²) < 4.78 is 0. The number of rotatable bonds is 19. The highest BCUT2D eigenvalue weighted by atomic mass is 16.4. The van der Waals surface area contributed by atoms with Gasteiger partial charge in [0, 0.05) is 0 Å². The van der Waals surface area contributed by atoms with Crippen molar-refractivity contribution in [2.24, 2.45) is 29.0 Å². The molecule has 0 aliphatic carbocycles. The Kier molecular flexibility index (Phi) is 16.9. The van der Waals surface area contributed by atoms with Crippen molar-refractivity contribution in [2.75, 3.05) is 13.1 Å². The number of aliphatic carboxylic acids is 1. The van der Waals surface area contributed by atoms with Gasteiger partial charge in [0.05, 0.1) is 6.04 Å². The van der Waals surface area contributed by atoms with Crippen LogP contribution < -0.4 is 33.2 Å². The number of amides is 3. The molecule has 0 fully saturated rings. The van der Waals surface area contributed by atoms with Gasteiger partial charge in [-0.3, -0.25) is 14.4 Å². The van der Waals surface area contributed by atoms with Gasteiger partial charge in [0.2, 0.25) is 17.7 Å². The number of carboxylic acid groups (broad SMARTS) is 1. The average molecular weight is 501 g/mol. The van der Waals surface area contributed by atoms with E-state index in [-0.39, 0.29) is 18.3 Å². The normalized spacial score (nSPS) is 15.5. The largest absolute Gasteiger partial charge is 0.480 e. The Morgan fingerprint density at radius 2 is 1.29 bits per heavy atom. The summed E-state index contributed by atoms with van der Waals surface area (Å²) in [7, 11) is 0. The minimum atomic E-state index is -1.14. The molecule has 0 aliphatic rings. The first-order valence-electron chi connectivity index (χ1n) is 12.8. The maximum Gasteiger partial charge on any atom is 0.326 e. The molecule has 11 heteroatoms. The first-order valence-corrected chi connectivity index (χ1v) is 12.8. The van der Waals surface area contributed by atoms with Crippen LogP contribution in [-0.4, -0.2) is 66.1 Å². The van der Waals surface area contributed by atoms with Crippen molar-refractivity contribution in [3.63, 3.8) is 0 Å². The Labute approximate surface area is 209 Å². The molecule has 0 heterocycles. The van der Waals surface area contributed by atoms with Crippen molar-refractivity contribution in [3.8, 4) is 0 Å². The third-order valence-electron chi connectivity index (χ3n) is 6.00. The van der Waals surface area contributed by atoms with E-state index in [9.17, 15) is 24.3 Å². The molecular weight excluding hydrogens is 452 g/mol. The number of hydrogen-bond acceptors (Lipinski definition) is 7. The van der Waals surface area contributed by atoms with Crippen LogP contribution in [0.4, 0.5) is 0 Å². The molecule has 0 rings (SSSR count). The fourth-order valence-electron chi connectivity index (χ4n) is 3.62. The molecule has 5 unspecified atom stereocenters. The number of carbonyl (C=O) groups is 4. The zero-order chi connectivity index (χ0) is 27.0. The smallest absolute Gasteiger partial charge is 0.326 e. The second-order valence-electron chi connectivity index (χ2n) is 9.64. The number of unbranched alkanes of at least 4 members (excludes halogenated alkanes) is 2. The molecule has 0 saturated heterocycles. The van der Waals surface area contributed by atoms with E-state index >= 15 is 0 Å². The lowest BCUT2D eigenvalue weighted by Crippen LogP contribution is -2.58. The molecule has 3 amide bonds. The van der Waals surface area contributed by atoms with E-state index in [0.29, 0.717) is 58.0 Å². The van der Waals surface area contributed by atoms with Gasteiger partial charge in [-0.15, -0.1) is 0 Å². The highest BCUT2D eigenvalue weighted by molar-refractivity contribution is 5.94. The van der Waals surface area contributed by atoms with Gasteiger partial charge in [0.25, 0.3) is 0 Å². The molecule has 0 aromatic heterocycles. The topological polar surface area (TPSA) is 203 Å². The summed E-state index contributed by atoms with van der Waals surface area (Å²) in [4.78, 5) is 50.4. The summed E-state index contributed by atoms with van der Waals surface area (Å²) in [6.07, 6.45) is 4.12. The van der Waals surface area contributed by atoms with Gasteiger partial charge in [-0.25, -0.2) is 4.79 Å². The Hall–Kier alpha value is -2.24. The van der Waals surface area contributed by atoms with Gasteiger partial charge >= 0.3 is 5.97 Å². The lowest BCUT2D eigenvalue weighted by Gasteiger charge is -2.28. The van der Waals surface area contributed by atoms with Crippen molar-refractivity contribution < 1.29 is 24.3 Å². The molecule has 10 N–H and O–H groups in total. The van der Waals surface area contributed by atoms with E-state index in [1.165, 1.54) is 0 Å². The molecule has 35 heavy (non-hydrogen) atoms. The molecule has 0 aromatic rings. The van der Waals surface area contributed by atoms with Gasteiger partial charge in [-0.05, 0) is 69.9 Å². The predicted molar refractivity (Wildman–Crippen MR) is 136 cm³/mol. The number of nitrogens with two attached hydrogens (primary N) is 3. The second-order valence-corrected chi connectivity index (χ2v) is 9.64. The van der Waals surface area contributed by atoms with Crippen LogP contribution in [0, 0.1) is 11.8 Å². The summed E-state index contributed by atoms with van der Waals surface area (Å²) in [6.45, 7) is 8.47. The van der Waals surface area contributed by atoms with E-state index in [1.54, 1.807) is 6.92 Å². The highest BCUT2D eigenvalue weighted by Crippen LogP contribution is 2.12. The third-order valence-corrected chi connectivity index (χ3v) is 6.00. The molecule has 11 nitrogen and oxygen atoms in total. The first-order chi connectivity index (χ1) is 16.5. The van der Waals surface area contributed by atoms with Gasteiger partial charge in [0.1, 0.15) is 18.1 Å². The van der Waals surface area contributed by atoms with Crippen LogP contribution in [0.1, 0.15) is 79.1 Å². The molecule has 0 aliphatic heterocycles. The molecule has 0 saturated carbocycles. The van der Waals surface area contributed by atoms with Crippen LogP contribution in [0.15, 0.2) is 0 Å². The van der Waals surface area contributed by atoms with Crippen LogP contribution in [0.3, 0.4) is 0 Å². The van der Waals surface area contributed by atoms with Gasteiger partial charge in [-0.1, -0.05) is 34.1 Å². The Morgan fingerprint density at radius 1 is 0.771 bits per heavy atom. The van der Waals surface area contributed by atoms with Gasteiger partial charge in [0.15, 0.2) is 0 Å². The van der Waals surface area contributed by atoms with Crippen molar-refractivity contribution in [2.45, 2.75) is 103 Å². The van der Waals surface area contributed by atoms with E-state index in [1.807, 2.05) is 20.8 Å². The van der Waals surface area contributed by atoms with E-state index in [4.69, 9.17) is 17.2 Å². The second kappa shape index (κ2) is 18.1. The van der Waals surface area contributed by atoms with Gasteiger partial charge in [-0.2, -0.15) is 0 Å². The van der Waals surface area contributed by atoms with E-state index in [0.717, 1.165) is 0 Å². The molecule has 5 atom stereocenters. The summed E-state index contributed by atoms with van der Waals surface area (Å²) >= 11 is 0. The highest BCUT2D eigenvalue weighted by Gasteiger charge is 2.32. The first kappa shape index (κ1) is 32.8. The lowest BCUT2D eigenvalue weighted by molar-refractivity contribution is -0.143. The van der Waals surface area contributed by atoms with Crippen LogP contribution in [0.25, 0.3) is 0 Å². The van der Waals surface area contributed by atoms with Crippen LogP contribution >= 0.6 is 0 Å². The van der Waals surface area contributed by atoms with Crippen LogP contribution in [0.2, 0.25) is 0 Å². The molecule has 0 radical (unpaired) electrons. The quantitative estimate of drug-likeness (QED) is 0.122. The SMILES string of the molecule is CCC(C)C(NC(=O)C(CCCCN)NC(=O)C(N)CC(C)C)C(=O)NC(CCCCN)C(=O)O. The van der Waals surface area contributed by atoms with Crippen molar-refractivity contribution in [1.82, 2.24) is 16.0 Å². The maximum absolute atomic E-state index is 13.2. The number of hydrogen-bond donors (Lipinski definition) is 7. The monoisotopic (exact) mass is 500 g/mol. The number of carboxylic acids is 1. The van der Waals surface area contributed by atoms with Crippen LogP contribution in [-0.2, 0) is 19.2 Å². The Balaban J connectivity index is 5.50. The fourth-order valence-corrected chi connectivity index (χ4v) is 3.62. The summed E-state index contributed by atoms with van der Waals surface area (Å²) in [5.74, 6) is -2.71. The number of carbonyl (C=O) groups excluding carboxylic acids is 3. The molecule has 0 aromatic carbocycles. The van der Waals surface area contributed by atoms with E-state index < -0.39 is 47.9 Å². The predicted octanol–water partition coefficient (Wildman–Crippen LogP) is 0.203. The standard InChI is InChI=1S/C24H48N6O5/c1-5-16(4)20(23(33)29-19(24(34)35)11-7-9-13-26)30-22(32)18(10-6-8-12-25)28-21(31)17(27)14-15(2)3/h15-20H,5-14,25-27H2,1-4H3,(H,28,31)(H,29,33)(H,30,32)(H,34,35). The maximum atomic E-state index is 13.2. The zero-order valence-corrected chi connectivity index (χ0v) is 21.8. The average Bonchev–Trinajstić information content (AvgIpc) is 2.79. The summed E-state index contributed by atoms with van der Waals surface area (Å²) in [6, 6.07) is -3.67. The molecule has 0 spiro atoms. The lowest BCUT2D eigenvalue weighted by atomic mass is 9.96. The molecular formula is C24H48N6O5. The zero-order valence-electron chi connectivity index (χ0n) is 21.8. The minimum Gasteiger partial charge on any atom is -0.480 e.